The Morgan fingerprint density at radius 3 is 2.87 bits per heavy atom. The first-order valence-corrected chi connectivity index (χ1v) is 5.50. The third kappa shape index (κ3) is 1.96. The topological polar surface area (TPSA) is 48.0 Å². The predicted molar refractivity (Wildman–Crippen MR) is 65.0 cm³/mol. The second kappa shape index (κ2) is 4.16. The van der Waals surface area contributed by atoms with Crippen LogP contribution in [0.15, 0.2) is 39.7 Å². The fourth-order valence-electron chi connectivity index (χ4n) is 1.57. The number of benzene rings is 1. The first-order valence-electron chi connectivity index (χ1n) is 4.71. The Hall–Kier alpha value is -1.13. The van der Waals surface area contributed by atoms with Gasteiger partial charge in [-0.15, -0.1) is 0 Å². The molecule has 2 rings (SSSR count). The summed E-state index contributed by atoms with van der Waals surface area (Å²) in [6.45, 7) is 1.03. The monoisotopic (exact) mass is 266 g/mol. The highest BCUT2D eigenvalue weighted by atomic mass is 79.9. The molecule has 0 aliphatic carbocycles. The summed E-state index contributed by atoms with van der Waals surface area (Å²) < 4.78 is 2.61. The SMILES string of the molecule is NCCn1ccc2cc(Br)ccc2c1=O. The second-order valence-corrected chi connectivity index (χ2v) is 4.25. The van der Waals surface area contributed by atoms with Crippen LogP contribution in [0.4, 0.5) is 0 Å². The predicted octanol–water partition coefficient (Wildman–Crippen LogP) is 1.72. The average molecular weight is 267 g/mol. The molecule has 0 saturated carbocycles. The zero-order chi connectivity index (χ0) is 10.8. The number of pyridine rings is 1. The van der Waals surface area contributed by atoms with Gasteiger partial charge in [0.15, 0.2) is 0 Å². The fourth-order valence-corrected chi connectivity index (χ4v) is 1.95. The number of halogens is 1. The molecule has 0 bridgehead atoms. The van der Waals surface area contributed by atoms with Crippen LogP contribution in [0.25, 0.3) is 10.8 Å². The van der Waals surface area contributed by atoms with Crippen molar-refractivity contribution in [3.63, 3.8) is 0 Å². The molecule has 1 aromatic carbocycles. The van der Waals surface area contributed by atoms with Crippen LogP contribution in [-0.4, -0.2) is 11.1 Å². The standard InChI is InChI=1S/C11H11BrN2O/c12-9-1-2-10-8(7-9)3-5-14(6-4-13)11(10)15/h1-3,5,7H,4,6,13H2. The van der Waals surface area contributed by atoms with Gasteiger partial charge in [0.1, 0.15) is 0 Å². The molecule has 78 valence electrons. The van der Waals surface area contributed by atoms with Gasteiger partial charge in [-0.2, -0.15) is 0 Å². The van der Waals surface area contributed by atoms with Crippen molar-refractivity contribution in [2.24, 2.45) is 5.73 Å². The third-order valence-corrected chi connectivity index (χ3v) is 2.80. The van der Waals surface area contributed by atoms with Crippen LogP contribution < -0.4 is 11.3 Å². The molecule has 2 N–H and O–H groups in total. The van der Waals surface area contributed by atoms with E-state index in [1.54, 1.807) is 10.8 Å². The fraction of sp³-hybridized carbons (Fsp3) is 0.182. The van der Waals surface area contributed by atoms with E-state index in [1.165, 1.54) is 0 Å². The van der Waals surface area contributed by atoms with E-state index in [0.29, 0.717) is 13.1 Å². The van der Waals surface area contributed by atoms with Crippen LogP contribution in [0.3, 0.4) is 0 Å². The zero-order valence-electron chi connectivity index (χ0n) is 8.11. The third-order valence-electron chi connectivity index (χ3n) is 2.31. The molecule has 0 amide bonds. The van der Waals surface area contributed by atoms with Gasteiger partial charge < -0.3 is 10.3 Å². The number of aromatic nitrogens is 1. The molecule has 2 aromatic rings. The normalized spacial score (nSPS) is 10.8. The molecule has 15 heavy (non-hydrogen) atoms. The maximum Gasteiger partial charge on any atom is 0.258 e. The lowest BCUT2D eigenvalue weighted by Gasteiger charge is -2.05. The summed E-state index contributed by atoms with van der Waals surface area (Å²) >= 11 is 3.38. The highest BCUT2D eigenvalue weighted by Gasteiger charge is 2.01. The molecule has 1 heterocycles. The smallest absolute Gasteiger partial charge is 0.258 e. The molecule has 0 spiro atoms. The molecule has 0 unspecified atom stereocenters. The Bertz CT molecular complexity index is 548. The van der Waals surface area contributed by atoms with Crippen LogP contribution in [0.2, 0.25) is 0 Å². The summed E-state index contributed by atoms with van der Waals surface area (Å²) in [7, 11) is 0. The molecular weight excluding hydrogens is 256 g/mol. The number of fused-ring (bicyclic) bond motifs is 1. The first-order chi connectivity index (χ1) is 7.22. The van der Waals surface area contributed by atoms with Crippen LogP contribution in [0.5, 0.6) is 0 Å². The van der Waals surface area contributed by atoms with Crippen molar-refractivity contribution in [1.29, 1.82) is 0 Å². The van der Waals surface area contributed by atoms with Crippen LogP contribution >= 0.6 is 15.9 Å². The molecule has 0 saturated heterocycles. The molecular formula is C11H11BrN2O. The molecule has 0 fully saturated rings. The van der Waals surface area contributed by atoms with Crippen molar-refractivity contribution >= 4 is 26.7 Å². The number of rotatable bonds is 2. The van der Waals surface area contributed by atoms with Gasteiger partial charge in [-0.25, -0.2) is 0 Å². The van der Waals surface area contributed by atoms with Gasteiger partial charge in [-0.1, -0.05) is 15.9 Å². The molecule has 0 aliphatic heterocycles. The summed E-state index contributed by atoms with van der Waals surface area (Å²) in [6.07, 6.45) is 1.78. The van der Waals surface area contributed by atoms with Crippen molar-refractivity contribution in [3.8, 4) is 0 Å². The quantitative estimate of drug-likeness (QED) is 0.900. The van der Waals surface area contributed by atoms with Crippen LogP contribution in [0, 0.1) is 0 Å². The first kappa shape index (κ1) is 10.4. The van der Waals surface area contributed by atoms with E-state index in [1.807, 2.05) is 24.3 Å². The zero-order valence-corrected chi connectivity index (χ0v) is 9.70. The number of nitrogens with zero attached hydrogens (tertiary/aromatic N) is 1. The number of hydrogen-bond donors (Lipinski definition) is 1. The molecule has 0 aliphatic rings. The van der Waals surface area contributed by atoms with Gasteiger partial charge in [-0.05, 0) is 29.7 Å². The van der Waals surface area contributed by atoms with Crippen LogP contribution in [-0.2, 0) is 6.54 Å². The van der Waals surface area contributed by atoms with Gasteiger partial charge in [0.25, 0.3) is 5.56 Å². The van der Waals surface area contributed by atoms with E-state index < -0.39 is 0 Å². The van der Waals surface area contributed by atoms with Crippen molar-refractivity contribution in [2.75, 3.05) is 6.54 Å². The number of hydrogen-bond acceptors (Lipinski definition) is 2. The van der Waals surface area contributed by atoms with Crippen molar-refractivity contribution in [3.05, 3.63) is 45.3 Å². The van der Waals surface area contributed by atoms with Gasteiger partial charge in [0.2, 0.25) is 0 Å². The van der Waals surface area contributed by atoms with Crippen molar-refractivity contribution in [2.45, 2.75) is 6.54 Å². The van der Waals surface area contributed by atoms with E-state index in [-0.39, 0.29) is 5.56 Å². The van der Waals surface area contributed by atoms with E-state index in [2.05, 4.69) is 15.9 Å². The molecule has 0 radical (unpaired) electrons. The van der Waals surface area contributed by atoms with Gasteiger partial charge in [0, 0.05) is 29.1 Å². The van der Waals surface area contributed by atoms with Crippen molar-refractivity contribution < 1.29 is 0 Å². The average Bonchev–Trinajstić information content (AvgIpc) is 2.22. The van der Waals surface area contributed by atoms with E-state index in [4.69, 9.17) is 5.73 Å². The summed E-state index contributed by atoms with van der Waals surface area (Å²) in [4.78, 5) is 11.9. The van der Waals surface area contributed by atoms with Gasteiger partial charge in [0.05, 0.1) is 0 Å². The highest BCUT2D eigenvalue weighted by molar-refractivity contribution is 9.10. The molecule has 1 aromatic heterocycles. The Kier molecular flexibility index (Phi) is 2.88. The Labute approximate surface area is 95.6 Å². The molecule has 3 nitrogen and oxygen atoms in total. The second-order valence-electron chi connectivity index (χ2n) is 3.33. The Morgan fingerprint density at radius 1 is 1.33 bits per heavy atom. The van der Waals surface area contributed by atoms with Gasteiger partial charge >= 0.3 is 0 Å². The lowest BCUT2D eigenvalue weighted by Crippen LogP contribution is -2.23. The molecule has 0 atom stereocenters. The maximum atomic E-state index is 11.9. The Balaban J connectivity index is 2.69. The lowest BCUT2D eigenvalue weighted by atomic mass is 10.2. The van der Waals surface area contributed by atoms with E-state index >= 15 is 0 Å². The minimum Gasteiger partial charge on any atom is -0.329 e. The van der Waals surface area contributed by atoms with E-state index in [9.17, 15) is 4.79 Å². The van der Waals surface area contributed by atoms with E-state index in [0.717, 1.165) is 15.2 Å². The Morgan fingerprint density at radius 2 is 2.13 bits per heavy atom. The highest BCUT2D eigenvalue weighted by Crippen LogP contribution is 2.16. The number of nitrogens with two attached hydrogens (primary N) is 1. The largest absolute Gasteiger partial charge is 0.329 e. The summed E-state index contributed by atoms with van der Waals surface area (Å²) in [6, 6.07) is 7.56. The summed E-state index contributed by atoms with van der Waals surface area (Å²) in [5, 5.41) is 1.68. The minimum atomic E-state index is 0.0189. The molecule has 4 heteroatoms. The van der Waals surface area contributed by atoms with Crippen molar-refractivity contribution in [1.82, 2.24) is 4.57 Å². The maximum absolute atomic E-state index is 11.9. The minimum absolute atomic E-state index is 0.0189. The summed E-state index contributed by atoms with van der Waals surface area (Å²) in [5.41, 5.74) is 5.45. The van der Waals surface area contributed by atoms with Crippen LogP contribution in [0.1, 0.15) is 0 Å². The summed E-state index contributed by atoms with van der Waals surface area (Å²) in [5.74, 6) is 0. The lowest BCUT2D eigenvalue weighted by molar-refractivity contribution is 0.687. The van der Waals surface area contributed by atoms with Gasteiger partial charge in [-0.3, -0.25) is 4.79 Å².